The van der Waals surface area contributed by atoms with Crippen molar-refractivity contribution in [1.82, 2.24) is 0 Å². The minimum atomic E-state index is -1.29. The number of Topliss-reactive ketones (excluding diaryl/α,β-unsaturated/α-hetero) is 1. The van der Waals surface area contributed by atoms with E-state index in [-0.39, 0.29) is 17.1 Å². The molecule has 0 aromatic carbocycles. The number of methoxy groups -OCH3 is 2. The molecule has 0 aliphatic carbocycles. The molecule has 26 heavy (non-hydrogen) atoms. The third-order valence-corrected chi connectivity index (χ3v) is 4.12. The predicted octanol–water partition coefficient (Wildman–Crippen LogP) is 1.47. The van der Waals surface area contributed by atoms with Gasteiger partial charge in [-0.15, -0.1) is 0 Å². The number of ketones is 1. The lowest BCUT2D eigenvalue weighted by Crippen LogP contribution is -2.42. The smallest absolute Gasteiger partial charge is 0.336 e. The van der Waals surface area contributed by atoms with Gasteiger partial charge in [-0.2, -0.15) is 0 Å². The fourth-order valence-corrected chi connectivity index (χ4v) is 2.54. The largest absolute Gasteiger partial charge is 0.468 e. The summed E-state index contributed by atoms with van der Waals surface area (Å²) in [6.07, 6.45) is 0. The third-order valence-electron chi connectivity index (χ3n) is 4.12. The van der Waals surface area contributed by atoms with E-state index in [0.717, 1.165) is 7.11 Å². The van der Waals surface area contributed by atoms with Gasteiger partial charge in [-0.05, 0) is 13.8 Å². The van der Waals surface area contributed by atoms with Crippen molar-refractivity contribution in [2.24, 2.45) is 22.2 Å². The number of esters is 3. The van der Waals surface area contributed by atoms with Crippen LogP contribution >= 0.6 is 0 Å². The Bertz CT molecular complexity index is 682. The Morgan fingerprint density at radius 1 is 0.962 bits per heavy atom. The summed E-state index contributed by atoms with van der Waals surface area (Å²) in [5.41, 5.74) is -0.213. The molecule has 8 heteroatoms. The quantitative estimate of drug-likeness (QED) is 0.535. The van der Waals surface area contributed by atoms with Crippen LogP contribution in [0.25, 0.3) is 0 Å². The van der Waals surface area contributed by atoms with Gasteiger partial charge in [-0.25, -0.2) is 4.79 Å². The summed E-state index contributed by atoms with van der Waals surface area (Å²) in [7, 11) is 2.33. The van der Waals surface area contributed by atoms with E-state index in [2.05, 4.69) is 4.99 Å². The van der Waals surface area contributed by atoms with Crippen LogP contribution in [-0.2, 0) is 33.4 Å². The molecule has 1 unspecified atom stereocenters. The van der Waals surface area contributed by atoms with E-state index >= 15 is 0 Å². The number of hydrogen-bond acceptors (Lipinski definition) is 8. The van der Waals surface area contributed by atoms with Crippen molar-refractivity contribution in [3.63, 3.8) is 0 Å². The highest BCUT2D eigenvalue weighted by Gasteiger charge is 2.46. The lowest BCUT2D eigenvalue weighted by atomic mass is 9.79. The van der Waals surface area contributed by atoms with Crippen LogP contribution in [0.2, 0.25) is 0 Å². The summed E-state index contributed by atoms with van der Waals surface area (Å²) in [6.45, 7) is 7.71. The van der Waals surface area contributed by atoms with Crippen molar-refractivity contribution in [2.75, 3.05) is 20.8 Å². The van der Waals surface area contributed by atoms with Gasteiger partial charge in [0.05, 0.1) is 19.8 Å². The number of hydrogen-bond donors (Lipinski definition) is 0. The molecular weight excluding hydrogens is 342 g/mol. The predicted molar refractivity (Wildman–Crippen MR) is 92.2 cm³/mol. The first kappa shape index (κ1) is 21.5. The maximum atomic E-state index is 12.7. The van der Waals surface area contributed by atoms with Crippen LogP contribution in [0.5, 0.6) is 0 Å². The van der Waals surface area contributed by atoms with Crippen LogP contribution in [0, 0.1) is 17.3 Å². The van der Waals surface area contributed by atoms with Crippen molar-refractivity contribution in [3.05, 3.63) is 11.3 Å². The van der Waals surface area contributed by atoms with Gasteiger partial charge in [-0.1, -0.05) is 20.8 Å². The summed E-state index contributed by atoms with van der Waals surface area (Å²) in [5.74, 6) is -5.12. The first-order chi connectivity index (χ1) is 11.9. The van der Waals surface area contributed by atoms with Gasteiger partial charge < -0.3 is 14.2 Å². The van der Waals surface area contributed by atoms with Gasteiger partial charge in [0.2, 0.25) is 0 Å². The second kappa shape index (κ2) is 8.25. The maximum absolute atomic E-state index is 12.7. The Morgan fingerprint density at radius 2 is 1.54 bits per heavy atom. The molecule has 0 N–H and O–H groups in total. The summed E-state index contributed by atoms with van der Waals surface area (Å²) in [6, 6.07) is 0. The lowest BCUT2D eigenvalue weighted by Gasteiger charge is -2.29. The minimum absolute atomic E-state index is 0.0818. The zero-order valence-electron chi connectivity index (χ0n) is 16.2. The molecule has 0 spiro atoms. The molecule has 0 fully saturated rings. The molecule has 0 bridgehead atoms. The molecule has 1 aliphatic rings. The Kier molecular flexibility index (Phi) is 6.83. The number of carbonyl (C=O) groups excluding carboxylic acids is 4. The van der Waals surface area contributed by atoms with Crippen molar-refractivity contribution in [1.29, 1.82) is 0 Å². The summed E-state index contributed by atoms with van der Waals surface area (Å²) >= 11 is 0. The molecule has 1 aliphatic heterocycles. The molecule has 0 amide bonds. The van der Waals surface area contributed by atoms with Crippen LogP contribution < -0.4 is 0 Å². The van der Waals surface area contributed by atoms with Crippen molar-refractivity contribution in [3.8, 4) is 0 Å². The minimum Gasteiger partial charge on any atom is -0.468 e. The van der Waals surface area contributed by atoms with Gasteiger partial charge in [0, 0.05) is 16.8 Å². The van der Waals surface area contributed by atoms with Gasteiger partial charge in [0.25, 0.3) is 0 Å². The Balaban J connectivity index is 3.26. The zero-order chi connectivity index (χ0) is 20.2. The summed E-state index contributed by atoms with van der Waals surface area (Å²) < 4.78 is 14.6. The second-order valence-electron chi connectivity index (χ2n) is 7.00. The number of aliphatic imine (C=N–C) groups is 1. The monoisotopic (exact) mass is 367 g/mol. The van der Waals surface area contributed by atoms with Crippen molar-refractivity contribution >= 4 is 29.4 Å². The van der Waals surface area contributed by atoms with Gasteiger partial charge in [0.15, 0.2) is 12.4 Å². The average molecular weight is 367 g/mol. The number of carbonyl (C=O) groups is 4. The number of ether oxygens (including phenoxy) is 3. The van der Waals surface area contributed by atoms with Gasteiger partial charge in [0.1, 0.15) is 11.8 Å². The Hall–Kier alpha value is -2.51. The Labute approximate surface area is 152 Å². The molecule has 0 saturated heterocycles. The highest BCUT2D eigenvalue weighted by Crippen LogP contribution is 2.33. The van der Waals surface area contributed by atoms with E-state index in [1.54, 1.807) is 27.7 Å². The van der Waals surface area contributed by atoms with Crippen LogP contribution in [0.4, 0.5) is 0 Å². The van der Waals surface area contributed by atoms with Crippen LogP contribution in [-0.4, -0.2) is 50.2 Å². The molecule has 144 valence electrons. The molecule has 0 radical (unpaired) electrons. The van der Waals surface area contributed by atoms with E-state index in [0.29, 0.717) is 5.71 Å². The molecular formula is C18H25NO7. The topological polar surface area (TPSA) is 108 Å². The summed E-state index contributed by atoms with van der Waals surface area (Å²) in [4.78, 5) is 53.3. The maximum Gasteiger partial charge on any atom is 0.336 e. The van der Waals surface area contributed by atoms with Crippen LogP contribution in [0.3, 0.4) is 0 Å². The fourth-order valence-electron chi connectivity index (χ4n) is 2.54. The molecule has 0 aromatic rings. The lowest BCUT2D eigenvalue weighted by molar-refractivity contribution is -0.159. The fraction of sp³-hybridized carbons (Fsp3) is 0.611. The number of nitrogens with zero attached hydrogens (tertiary/aromatic N) is 1. The molecule has 0 aromatic heterocycles. The normalized spacial score (nSPS) is 20.2. The molecule has 8 nitrogen and oxygen atoms in total. The van der Waals surface area contributed by atoms with E-state index in [9.17, 15) is 19.2 Å². The number of allylic oxidation sites excluding steroid dienone is 1. The molecule has 0 saturated carbocycles. The molecule has 2 atom stereocenters. The third kappa shape index (κ3) is 4.56. The summed E-state index contributed by atoms with van der Waals surface area (Å²) in [5, 5.41) is 0. The first-order valence-electron chi connectivity index (χ1n) is 8.07. The van der Waals surface area contributed by atoms with E-state index in [4.69, 9.17) is 14.2 Å². The average Bonchev–Trinajstić information content (AvgIpc) is 2.56. The highest BCUT2D eigenvalue weighted by molar-refractivity contribution is 6.10. The first-order valence-corrected chi connectivity index (χ1v) is 8.07. The van der Waals surface area contributed by atoms with E-state index in [1.165, 1.54) is 14.0 Å². The molecule has 1 heterocycles. The van der Waals surface area contributed by atoms with Gasteiger partial charge >= 0.3 is 17.9 Å². The highest BCUT2D eigenvalue weighted by atomic mass is 16.5. The zero-order valence-corrected chi connectivity index (χ0v) is 16.2. The Morgan fingerprint density at radius 3 is 2.00 bits per heavy atom. The van der Waals surface area contributed by atoms with Crippen molar-refractivity contribution < 1.29 is 33.4 Å². The van der Waals surface area contributed by atoms with Crippen molar-refractivity contribution in [2.45, 2.75) is 34.6 Å². The number of rotatable bonds is 5. The van der Waals surface area contributed by atoms with Crippen LogP contribution in [0.1, 0.15) is 34.6 Å². The standard InChI is InChI=1S/C18H25NO7/c1-9-12(15(21)24-6)14(13(10(2)19-9)16(22)25-7)17(23)26-8-11(20)18(3,4)5/h12,14H,8H2,1-7H3/t12?,14-/m0/s1. The van der Waals surface area contributed by atoms with E-state index in [1.807, 2.05) is 0 Å². The van der Waals surface area contributed by atoms with E-state index < -0.39 is 41.8 Å². The second-order valence-corrected chi connectivity index (χ2v) is 7.00. The van der Waals surface area contributed by atoms with Crippen LogP contribution in [0.15, 0.2) is 16.3 Å². The SMILES string of the molecule is COC(=O)C1=C(C)N=C(C)C(C(=O)OC)[C@@H]1C(=O)OCC(=O)C(C)(C)C. The molecule has 1 rings (SSSR count). The van der Waals surface area contributed by atoms with Gasteiger partial charge in [-0.3, -0.25) is 19.4 Å².